The van der Waals surface area contributed by atoms with Crippen LogP contribution in [-0.4, -0.2) is 37.7 Å². The Bertz CT molecular complexity index is 565. The van der Waals surface area contributed by atoms with E-state index in [1.807, 2.05) is 0 Å². The highest BCUT2D eigenvalue weighted by Crippen LogP contribution is 2.40. The molecule has 2 heterocycles. The number of H-pyrrole nitrogens is 1. The molecule has 0 spiro atoms. The molecule has 0 unspecified atom stereocenters. The molecule has 3 atom stereocenters. The average molecular weight is 270 g/mol. The Morgan fingerprint density at radius 1 is 1.61 bits per heavy atom. The SMILES string of the molecule is C=Cc1cn([C@H]2C[C@H](O)[C@@H](CO)S2)c(=O)[nH]c1=O. The summed E-state index contributed by atoms with van der Waals surface area (Å²) in [6.07, 6.45) is 2.50. The number of aliphatic hydroxyl groups is 2. The number of aliphatic hydroxyl groups excluding tert-OH is 2. The van der Waals surface area contributed by atoms with E-state index in [9.17, 15) is 14.7 Å². The van der Waals surface area contributed by atoms with Crippen molar-refractivity contribution in [3.8, 4) is 0 Å². The molecule has 0 bridgehead atoms. The molecule has 0 saturated carbocycles. The van der Waals surface area contributed by atoms with Crippen LogP contribution in [0.3, 0.4) is 0 Å². The number of hydrogen-bond acceptors (Lipinski definition) is 5. The summed E-state index contributed by atoms with van der Waals surface area (Å²) in [5.41, 5.74) is -0.695. The van der Waals surface area contributed by atoms with E-state index >= 15 is 0 Å². The van der Waals surface area contributed by atoms with E-state index < -0.39 is 17.4 Å². The first-order valence-electron chi connectivity index (χ1n) is 5.49. The van der Waals surface area contributed by atoms with Crippen molar-refractivity contribution in [3.05, 3.63) is 39.2 Å². The number of nitrogens with one attached hydrogen (secondary N) is 1. The van der Waals surface area contributed by atoms with Gasteiger partial charge in [-0.3, -0.25) is 14.3 Å². The molecule has 0 aliphatic carbocycles. The van der Waals surface area contributed by atoms with Gasteiger partial charge in [-0.25, -0.2) is 4.79 Å². The second-order valence-electron chi connectivity index (χ2n) is 4.07. The summed E-state index contributed by atoms with van der Waals surface area (Å²) in [7, 11) is 0. The number of aromatic amines is 1. The number of aromatic nitrogens is 2. The molecule has 1 aliphatic rings. The third kappa shape index (κ3) is 2.29. The van der Waals surface area contributed by atoms with Gasteiger partial charge in [-0.1, -0.05) is 12.7 Å². The summed E-state index contributed by atoms with van der Waals surface area (Å²) in [5.74, 6) is 0. The zero-order valence-electron chi connectivity index (χ0n) is 9.57. The lowest BCUT2D eigenvalue weighted by atomic mass is 10.2. The minimum Gasteiger partial charge on any atom is -0.395 e. The highest BCUT2D eigenvalue weighted by molar-refractivity contribution is 8.00. The predicted molar refractivity (Wildman–Crippen MR) is 69.5 cm³/mol. The van der Waals surface area contributed by atoms with Gasteiger partial charge in [-0.05, 0) is 0 Å². The first-order valence-corrected chi connectivity index (χ1v) is 6.43. The topological polar surface area (TPSA) is 95.3 Å². The number of rotatable bonds is 3. The summed E-state index contributed by atoms with van der Waals surface area (Å²) in [6, 6.07) is 0. The van der Waals surface area contributed by atoms with E-state index in [-0.39, 0.29) is 17.2 Å². The van der Waals surface area contributed by atoms with Crippen molar-refractivity contribution >= 4 is 17.8 Å². The largest absolute Gasteiger partial charge is 0.395 e. The van der Waals surface area contributed by atoms with E-state index in [0.717, 1.165) is 0 Å². The lowest BCUT2D eigenvalue weighted by Crippen LogP contribution is -2.32. The van der Waals surface area contributed by atoms with Gasteiger partial charge in [-0.2, -0.15) is 0 Å². The molecule has 2 rings (SSSR count). The Kier molecular flexibility index (Phi) is 3.74. The number of hydrogen-bond donors (Lipinski definition) is 3. The minimum absolute atomic E-state index is 0.144. The monoisotopic (exact) mass is 270 g/mol. The molecular weight excluding hydrogens is 256 g/mol. The third-order valence-corrected chi connectivity index (χ3v) is 4.46. The van der Waals surface area contributed by atoms with Crippen molar-refractivity contribution in [1.82, 2.24) is 9.55 Å². The van der Waals surface area contributed by atoms with Gasteiger partial charge in [0.25, 0.3) is 5.56 Å². The predicted octanol–water partition coefficient (Wildman–Crippen LogP) is -0.463. The van der Waals surface area contributed by atoms with Crippen LogP contribution in [0.4, 0.5) is 0 Å². The maximum atomic E-state index is 11.7. The summed E-state index contributed by atoms with van der Waals surface area (Å²) in [5, 5.41) is 18.2. The average Bonchev–Trinajstić information content (AvgIpc) is 2.70. The van der Waals surface area contributed by atoms with E-state index in [4.69, 9.17) is 5.11 Å². The number of thioether (sulfide) groups is 1. The maximum Gasteiger partial charge on any atom is 0.329 e. The van der Waals surface area contributed by atoms with Crippen molar-refractivity contribution in [3.63, 3.8) is 0 Å². The van der Waals surface area contributed by atoms with Gasteiger partial charge < -0.3 is 10.2 Å². The number of nitrogens with zero attached hydrogens (tertiary/aromatic N) is 1. The molecule has 3 N–H and O–H groups in total. The van der Waals surface area contributed by atoms with Gasteiger partial charge in [0.1, 0.15) is 0 Å². The summed E-state index contributed by atoms with van der Waals surface area (Å²) >= 11 is 1.32. The Morgan fingerprint density at radius 2 is 2.33 bits per heavy atom. The van der Waals surface area contributed by atoms with Crippen molar-refractivity contribution in [2.24, 2.45) is 0 Å². The van der Waals surface area contributed by atoms with Gasteiger partial charge in [0.2, 0.25) is 0 Å². The lowest BCUT2D eigenvalue weighted by Gasteiger charge is -2.13. The minimum atomic E-state index is -0.656. The van der Waals surface area contributed by atoms with Crippen LogP contribution in [-0.2, 0) is 0 Å². The highest BCUT2D eigenvalue weighted by atomic mass is 32.2. The molecule has 1 saturated heterocycles. The second-order valence-corrected chi connectivity index (χ2v) is 5.49. The van der Waals surface area contributed by atoms with Crippen LogP contribution in [0.5, 0.6) is 0 Å². The van der Waals surface area contributed by atoms with Crippen LogP contribution in [0.2, 0.25) is 0 Å². The van der Waals surface area contributed by atoms with E-state index in [1.54, 1.807) is 0 Å². The first-order chi connectivity index (χ1) is 8.56. The molecular formula is C11H14N2O4S. The van der Waals surface area contributed by atoms with E-state index in [0.29, 0.717) is 12.0 Å². The molecule has 7 heteroatoms. The van der Waals surface area contributed by atoms with Crippen molar-refractivity contribution in [1.29, 1.82) is 0 Å². The van der Waals surface area contributed by atoms with Crippen LogP contribution in [0, 0.1) is 0 Å². The van der Waals surface area contributed by atoms with Gasteiger partial charge in [0, 0.05) is 12.6 Å². The van der Waals surface area contributed by atoms with E-state index in [1.165, 1.54) is 28.6 Å². The van der Waals surface area contributed by atoms with Gasteiger partial charge >= 0.3 is 5.69 Å². The Labute approximate surface area is 107 Å². The summed E-state index contributed by atoms with van der Waals surface area (Å²) in [4.78, 5) is 25.3. The molecule has 1 aromatic rings. The van der Waals surface area contributed by atoms with Crippen LogP contribution in [0.25, 0.3) is 6.08 Å². The van der Waals surface area contributed by atoms with Gasteiger partial charge in [0.15, 0.2) is 0 Å². The third-order valence-electron chi connectivity index (χ3n) is 2.91. The second kappa shape index (κ2) is 5.13. The Hall–Kier alpha value is -1.31. The molecule has 6 nitrogen and oxygen atoms in total. The Balaban J connectivity index is 2.38. The maximum absolute atomic E-state index is 11.7. The van der Waals surface area contributed by atoms with Gasteiger partial charge in [0.05, 0.1) is 28.9 Å². The molecule has 1 aliphatic heterocycles. The van der Waals surface area contributed by atoms with Crippen LogP contribution < -0.4 is 11.2 Å². The standard InChI is InChI=1S/C11H14N2O4S/c1-2-6-4-13(11(17)12-10(6)16)9-3-7(15)8(5-14)18-9/h2,4,7-9,14-15H,1,3,5H2,(H,12,16,17)/t7-,8+,9+/m0/s1. The van der Waals surface area contributed by atoms with Crippen LogP contribution >= 0.6 is 11.8 Å². The molecule has 98 valence electrons. The van der Waals surface area contributed by atoms with Gasteiger partial charge in [-0.15, -0.1) is 11.8 Å². The Morgan fingerprint density at radius 3 is 2.89 bits per heavy atom. The quantitative estimate of drug-likeness (QED) is 0.690. The zero-order chi connectivity index (χ0) is 13.3. The lowest BCUT2D eigenvalue weighted by molar-refractivity contribution is 0.137. The van der Waals surface area contributed by atoms with Crippen LogP contribution in [0.15, 0.2) is 22.4 Å². The van der Waals surface area contributed by atoms with Crippen LogP contribution in [0.1, 0.15) is 17.4 Å². The molecule has 0 aromatic carbocycles. The summed E-state index contributed by atoms with van der Waals surface area (Å²) in [6.45, 7) is 3.36. The highest BCUT2D eigenvalue weighted by Gasteiger charge is 2.34. The molecule has 0 amide bonds. The van der Waals surface area contributed by atoms with Crippen molar-refractivity contribution in [2.45, 2.75) is 23.1 Å². The molecule has 18 heavy (non-hydrogen) atoms. The summed E-state index contributed by atoms with van der Waals surface area (Å²) < 4.78 is 1.36. The molecule has 1 aromatic heterocycles. The van der Waals surface area contributed by atoms with E-state index in [2.05, 4.69) is 11.6 Å². The van der Waals surface area contributed by atoms with Crippen molar-refractivity contribution < 1.29 is 10.2 Å². The first kappa shape index (κ1) is 13.1. The molecule has 0 radical (unpaired) electrons. The smallest absolute Gasteiger partial charge is 0.329 e. The zero-order valence-corrected chi connectivity index (χ0v) is 10.4. The fourth-order valence-electron chi connectivity index (χ4n) is 1.91. The fourth-order valence-corrected chi connectivity index (χ4v) is 3.29. The van der Waals surface area contributed by atoms with Crippen molar-refractivity contribution in [2.75, 3.05) is 6.61 Å². The normalized spacial score (nSPS) is 27.3. The molecule has 1 fully saturated rings. The fraction of sp³-hybridized carbons (Fsp3) is 0.455.